The van der Waals surface area contributed by atoms with Gasteiger partial charge in [0, 0.05) is 11.6 Å². The third kappa shape index (κ3) is 4.23. The maximum atomic E-state index is 13.1. The molecule has 5 nitrogen and oxygen atoms in total. The molecular formula is C23H16ClFO5. The highest BCUT2D eigenvalue weighted by molar-refractivity contribution is 6.31. The maximum absolute atomic E-state index is 13.1. The Bertz CT molecular complexity index is 1250. The van der Waals surface area contributed by atoms with Crippen molar-refractivity contribution in [1.29, 1.82) is 0 Å². The Kier molecular flexibility index (Phi) is 5.59. The van der Waals surface area contributed by atoms with E-state index in [0.717, 1.165) is 0 Å². The average molecular weight is 427 g/mol. The predicted molar refractivity (Wildman–Crippen MR) is 111 cm³/mol. The lowest BCUT2D eigenvalue weighted by Gasteiger charge is -2.09. The zero-order valence-corrected chi connectivity index (χ0v) is 16.6. The van der Waals surface area contributed by atoms with Crippen LogP contribution in [0.2, 0.25) is 5.02 Å². The Balaban J connectivity index is 1.53. The van der Waals surface area contributed by atoms with Crippen LogP contribution in [0.25, 0.3) is 11.0 Å². The molecule has 4 aromatic rings. The van der Waals surface area contributed by atoms with Gasteiger partial charge >= 0.3 is 0 Å². The summed E-state index contributed by atoms with van der Waals surface area (Å²) in [5.74, 6) is 1.30. The van der Waals surface area contributed by atoms with Crippen molar-refractivity contribution >= 4 is 22.6 Å². The summed E-state index contributed by atoms with van der Waals surface area (Å²) in [6.45, 7) is 0.146. The number of hydrogen-bond acceptors (Lipinski definition) is 5. The van der Waals surface area contributed by atoms with Crippen molar-refractivity contribution in [2.24, 2.45) is 0 Å². The van der Waals surface area contributed by atoms with Gasteiger partial charge in [-0.1, -0.05) is 17.7 Å². The zero-order chi connectivity index (χ0) is 21.1. The van der Waals surface area contributed by atoms with Crippen LogP contribution in [0, 0.1) is 5.82 Å². The van der Waals surface area contributed by atoms with E-state index in [2.05, 4.69) is 0 Å². The van der Waals surface area contributed by atoms with Gasteiger partial charge in [-0.05, 0) is 48.5 Å². The monoisotopic (exact) mass is 426 g/mol. The summed E-state index contributed by atoms with van der Waals surface area (Å²) in [4.78, 5) is 12.7. The molecule has 0 radical (unpaired) electrons. The lowest BCUT2D eigenvalue weighted by molar-refractivity contribution is 0.306. The molecule has 4 rings (SSSR count). The first-order chi connectivity index (χ1) is 14.5. The van der Waals surface area contributed by atoms with Gasteiger partial charge in [0.05, 0.1) is 17.5 Å². The summed E-state index contributed by atoms with van der Waals surface area (Å²) in [5, 5.41) is 0.635. The van der Waals surface area contributed by atoms with Gasteiger partial charge in [-0.25, -0.2) is 4.39 Å². The molecule has 1 heterocycles. The smallest absolute Gasteiger partial charge is 0.235 e. The van der Waals surface area contributed by atoms with E-state index in [0.29, 0.717) is 33.8 Å². The number of methoxy groups -OCH3 is 1. The van der Waals surface area contributed by atoms with Crippen molar-refractivity contribution in [3.63, 3.8) is 0 Å². The number of halogens is 2. The molecule has 3 aromatic carbocycles. The van der Waals surface area contributed by atoms with Gasteiger partial charge < -0.3 is 18.6 Å². The van der Waals surface area contributed by atoms with Crippen molar-refractivity contribution in [3.05, 3.63) is 93.6 Å². The molecule has 0 atom stereocenters. The van der Waals surface area contributed by atoms with Crippen LogP contribution >= 0.6 is 11.6 Å². The molecule has 0 saturated carbocycles. The zero-order valence-electron chi connectivity index (χ0n) is 15.9. The lowest BCUT2D eigenvalue weighted by atomic mass is 10.2. The molecule has 1 aromatic heterocycles. The summed E-state index contributed by atoms with van der Waals surface area (Å²) in [6, 6.07) is 15.8. The van der Waals surface area contributed by atoms with Crippen LogP contribution < -0.4 is 19.6 Å². The summed E-state index contributed by atoms with van der Waals surface area (Å²) in [5.41, 5.74) is 0.688. The minimum atomic E-state index is -0.413. The molecule has 0 amide bonds. The van der Waals surface area contributed by atoms with Crippen molar-refractivity contribution in [2.75, 3.05) is 7.11 Å². The number of rotatable bonds is 6. The Morgan fingerprint density at radius 2 is 1.70 bits per heavy atom. The summed E-state index contributed by atoms with van der Waals surface area (Å²) in [6.07, 6.45) is 1.26. The van der Waals surface area contributed by atoms with Gasteiger partial charge in [0.15, 0.2) is 0 Å². The first-order valence-electron chi connectivity index (χ1n) is 8.97. The van der Waals surface area contributed by atoms with E-state index in [1.54, 1.807) is 55.6 Å². The molecular weight excluding hydrogens is 411 g/mol. The van der Waals surface area contributed by atoms with E-state index in [9.17, 15) is 9.18 Å². The number of fused-ring (bicyclic) bond motifs is 1. The minimum Gasteiger partial charge on any atom is -0.497 e. The molecule has 0 aliphatic carbocycles. The van der Waals surface area contributed by atoms with Gasteiger partial charge in [0.2, 0.25) is 11.2 Å². The molecule has 0 fully saturated rings. The van der Waals surface area contributed by atoms with Crippen LogP contribution in [0.4, 0.5) is 4.39 Å². The molecule has 0 unspecified atom stereocenters. The van der Waals surface area contributed by atoms with E-state index in [1.807, 2.05) is 0 Å². The Labute approximate surface area is 176 Å². The molecule has 0 aliphatic heterocycles. The van der Waals surface area contributed by atoms with Crippen LogP contribution in [0.3, 0.4) is 0 Å². The Morgan fingerprint density at radius 3 is 2.43 bits per heavy atom. The lowest BCUT2D eigenvalue weighted by Crippen LogP contribution is -2.05. The predicted octanol–water partition coefficient (Wildman–Crippen LogP) is 5.97. The average Bonchev–Trinajstić information content (AvgIpc) is 2.75. The number of hydrogen-bond donors (Lipinski definition) is 0. The standard InChI is InChI=1S/C23H16ClFO5/c1-27-16-4-6-17(7-5-16)30-22-13-29-21-11-18(8-9-19(21)23(22)26)28-12-14-2-3-15(25)10-20(14)24/h2-11,13H,12H2,1H3. The maximum Gasteiger partial charge on any atom is 0.235 e. The van der Waals surface area contributed by atoms with Gasteiger partial charge in [-0.15, -0.1) is 0 Å². The SMILES string of the molecule is COc1ccc(Oc2coc3cc(OCc4ccc(F)cc4Cl)ccc3c2=O)cc1. The van der Waals surface area contributed by atoms with Gasteiger partial charge in [0.25, 0.3) is 0 Å². The topological polar surface area (TPSA) is 57.9 Å². The van der Waals surface area contributed by atoms with E-state index < -0.39 is 5.82 Å². The normalized spacial score (nSPS) is 10.8. The largest absolute Gasteiger partial charge is 0.497 e. The second-order valence-corrected chi connectivity index (χ2v) is 6.80. The highest BCUT2D eigenvalue weighted by Gasteiger charge is 2.11. The quantitative estimate of drug-likeness (QED) is 0.380. The number of benzene rings is 3. The first-order valence-corrected chi connectivity index (χ1v) is 9.35. The van der Waals surface area contributed by atoms with Crippen LogP contribution in [-0.4, -0.2) is 7.11 Å². The second-order valence-electron chi connectivity index (χ2n) is 6.39. The number of ether oxygens (including phenoxy) is 3. The fourth-order valence-corrected chi connectivity index (χ4v) is 3.04. The summed E-state index contributed by atoms with van der Waals surface area (Å²) >= 11 is 6.01. The third-order valence-corrected chi connectivity index (χ3v) is 4.76. The molecule has 7 heteroatoms. The van der Waals surface area contributed by atoms with Crippen LogP contribution in [-0.2, 0) is 6.61 Å². The minimum absolute atomic E-state index is 0.0689. The summed E-state index contributed by atoms with van der Waals surface area (Å²) < 4.78 is 35.1. The van der Waals surface area contributed by atoms with Crippen molar-refractivity contribution in [1.82, 2.24) is 0 Å². The molecule has 0 spiro atoms. The van der Waals surface area contributed by atoms with Crippen molar-refractivity contribution in [2.45, 2.75) is 6.61 Å². The highest BCUT2D eigenvalue weighted by atomic mass is 35.5. The Hall–Kier alpha value is -3.51. The van der Waals surface area contributed by atoms with Crippen molar-refractivity contribution in [3.8, 4) is 23.0 Å². The first kappa shape index (κ1) is 19.8. The third-order valence-electron chi connectivity index (χ3n) is 4.41. The molecule has 0 N–H and O–H groups in total. The second kappa shape index (κ2) is 8.47. The fourth-order valence-electron chi connectivity index (χ4n) is 2.82. The van der Waals surface area contributed by atoms with Crippen molar-refractivity contribution < 1.29 is 23.0 Å². The van der Waals surface area contributed by atoms with Crippen LogP contribution in [0.5, 0.6) is 23.0 Å². The molecule has 0 aliphatic rings. The van der Waals surface area contributed by atoms with E-state index >= 15 is 0 Å². The summed E-state index contributed by atoms with van der Waals surface area (Å²) in [7, 11) is 1.57. The highest BCUT2D eigenvalue weighted by Crippen LogP contribution is 2.26. The van der Waals surface area contributed by atoms with E-state index in [1.165, 1.54) is 18.4 Å². The molecule has 0 saturated heterocycles. The molecule has 152 valence electrons. The van der Waals surface area contributed by atoms with E-state index in [-0.39, 0.29) is 22.8 Å². The Morgan fingerprint density at radius 1 is 0.967 bits per heavy atom. The van der Waals surface area contributed by atoms with Gasteiger partial charge in [-0.3, -0.25) is 4.79 Å². The molecule has 0 bridgehead atoms. The molecule has 30 heavy (non-hydrogen) atoms. The van der Waals surface area contributed by atoms with E-state index in [4.69, 9.17) is 30.2 Å². The van der Waals surface area contributed by atoms with Crippen LogP contribution in [0.15, 0.2) is 76.1 Å². The van der Waals surface area contributed by atoms with Gasteiger partial charge in [0.1, 0.15) is 41.5 Å². The van der Waals surface area contributed by atoms with Crippen LogP contribution in [0.1, 0.15) is 5.56 Å². The van der Waals surface area contributed by atoms with Gasteiger partial charge in [-0.2, -0.15) is 0 Å². The fraction of sp³-hybridized carbons (Fsp3) is 0.0870.